The van der Waals surface area contributed by atoms with E-state index in [-0.39, 0.29) is 18.3 Å². The second kappa shape index (κ2) is 10.7. The van der Waals surface area contributed by atoms with Crippen LogP contribution in [0.3, 0.4) is 0 Å². The number of amides is 1. The average Bonchev–Trinajstić information content (AvgIpc) is 3.29. The van der Waals surface area contributed by atoms with E-state index >= 15 is 0 Å². The fourth-order valence-electron chi connectivity index (χ4n) is 3.80. The molecule has 168 valence electrons. The van der Waals surface area contributed by atoms with Crippen molar-refractivity contribution in [2.24, 2.45) is 0 Å². The number of piperazine rings is 1. The Balaban J connectivity index is 1.47. The summed E-state index contributed by atoms with van der Waals surface area (Å²) in [5, 5.41) is 0.728. The predicted molar refractivity (Wildman–Crippen MR) is 125 cm³/mol. The number of benzene rings is 2. The van der Waals surface area contributed by atoms with Gasteiger partial charge >= 0.3 is 0 Å². The normalized spacial score (nSPS) is 14.5. The number of anilines is 1. The summed E-state index contributed by atoms with van der Waals surface area (Å²) in [6.07, 6.45) is 0.531. The van der Waals surface area contributed by atoms with Crippen LogP contribution in [0, 0.1) is 5.82 Å². The Labute approximate surface area is 192 Å². The zero-order valence-electron chi connectivity index (χ0n) is 18.3. The summed E-state index contributed by atoms with van der Waals surface area (Å²) in [6.45, 7) is 7.39. The first kappa shape index (κ1) is 22.4. The molecule has 1 amide bonds. The van der Waals surface area contributed by atoms with Crippen LogP contribution in [0.4, 0.5) is 9.52 Å². The number of carbonyl (C=O) groups is 1. The molecule has 2 aromatic carbocycles. The minimum Gasteiger partial charge on any atom is -0.339 e. The summed E-state index contributed by atoms with van der Waals surface area (Å²) in [6, 6.07) is 16.5. The van der Waals surface area contributed by atoms with Gasteiger partial charge in [-0.3, -0.25) is 4.79 Å². The first-order chi connectivity index (χ1) is 15.6. The molecule has 3 aromatic rings. The van der Waals surface area contributed by atoms with Crippen LogP contribution in [0.2, 0.25) is 0 Å². The van der Waals surface area contributed by atoms with Crippen LogP contribution in [0.1, 0.15) is 23.9 Å². The van der Waals surface area contributed by atoms with Crippen molar-refractivity contribution < 1.29 is 9.18 Å². The molecular weight excluding hydrogens is 425 g/mol. The molecule has 0 unspecified atom stereocenters. The van der Waals surface area contributed by atoms with Crippen molar-refractivity contribution in [3.63, 3.8) is 0 Å². The zero-order valence-corrected chi connectivity index (χ0v) is 19.1. The fourth-order valence-corrected chi connectivity index (χ4v) is 4.48. The maximum absolute atomic E-state index is 13.2. The van der Waals surface area contributed by atoms with Crippen LogP contribution in [-0.4, -0.2) is 64.3 Å². The Bertz CT molecular complexity index is 1000. The van der Waals surface area contributed by atoms with Crippen molar-refractivity contribution in [2.75, 3.05) is 44.2 Å². The molecular formula is C24H28FN5OS. The second-order valence-electron chi connectivity index (χ2n) is 7.95. The number of likely N-dealkylation sites (N-methyl/N-ethyl adjacent to an activating group) is 1. The molecule has 8 heteroatoms. The third-order valence-electron chi connectivity index (χ3n) is 5.72. The molecule has 32 heavy (non-hydrogen) atoms. The number of hydrogen-bond acceptors (Lipinski definition) is 6. The molecule has 0 radical (unpaired) electrons. The number of nitrogens with zero attached hydrogens (tertiary/aromatic N) is 5. The largest absolute Gasteiger partial charge is 0.339 e. The summed E-state index contributed by atoms with van der Waals surface area (Å²) in [5.41, 5.74) is 2.07. The van der Waals surface area contributed by atoms with Crippen LogP contribution < -0.4 is 4.90 Å². The van der Waals surface area contributed by atoms with E-state index in [0.717, 1.165) is 49.0 Å². The van der Waals surface area contributed by atoms with E-state index in [1.807, 2.05) is 28.0 Å². The summed E-state index contributed by atoms with van der Waals surface area (Å²) in [4.78, 5) is 24.1. The van der Waals surface area contributed by atoms with Gasteiger partial charge in [-0.05, 0) is 29.8 Å². The summed E-state index contributed by atoms with van der Waals surface area (Å²) in [5.74, 6) is 0.540. The van der Waals surface area contributed by atoms with Crippen LogP contribution in [0.15, 0.2) is 54.6 Å². The first-order valence-electron chi connectivity index (χ1n) is 11.0. The lowest BCUT2D eigenvalue weighted by atomic mass is 10.1. The van der Waals surface area contributed by atoms with Crippen molar-refractivity contribution >= 4 is 22.6 Å². The smallest absolute Gasteiger partial charge is 0.242 e. The predicted octanol–water partition coefficient (Wildman–Crippen LogP) is 3.44. The molecule has 1 fully saturated rings. The van der Waals surface area contributed by atoms with E-state index in [1.165, 1.54) is 23.7 Å². The number of halogens is 1. The molecule has 1 saturated heterocycles. The van der Waals surface area contributed by atoms with E-state index in [9.17, 15) is 9.18 Å². The van der Waals surface area contributed by atoms with Crippen molar-refractivity contribution in [3.05, 3.63) is 77.4 Å². The first-order valence-corrected chi connectivity index (χ1v) is 11.7. The van der Waals surface area contributed by atoms with Gasteiger partial charge in [0.15, 0.2) is 0 Å². The highest BCUT2D eigenvalue weighted by molar-refractivity contribution is 7.09. The molecule has 2 heterocycles. The molecule has 1 aromatic heterocycles. The van der Waals surface area contributed by atoms with Gasteiger partial charge < -0.3 is 14.7 Å². The zero-order chi connectivity index (χ0) is 22.3. The van der Waals surface area contributed by atoms with E-state index in [0.29, 0.717) is 18.8 Å². The quantitative estimate of drug-likeness (QED) is 0.523. The minimum atomic E-state index is -0.256. The Morgan fingerprint density at radius 1 is 1.03 bits per heavy atom. The second-order valence-corrected chi connectivity index (χ2v) is 8.68. The molecule has 1 aliphatic rings. The summed E-state index contributed by atoms with van der Waals surface area (Å²) >= 11 is 1.30. The van der Waals surface area contributed by atoms with E-state index in [1.54, 1.807) is 12.1 Å². The van der Waals surface area contributed by atoms with Gasteiger partial charge in [-0.1, -0.05) is 49.4 Å². The summed E-state index contributed by atoms with van der Waals surface area (Å²) < 4.78 is 17.7. The van der Waals surface area contributed by atoms with Crippen molar-refractivity contribution in [1.82, 2.24) is 19.2 Å². The maximum atomic E-state index is 13.2. The molecule has 6 nitrogen and oxygen atoms in total. The van der Waals surface area contributed by atoms with E-state index in [2.05, 4.69) is 28.3 Å². The van der Waals surface area contributed by atoms with E-state index < -0.39 is 0 Å². The minimum absolute atomic E-state index is 0.118. The van der Waals surface area contributed by atoms with Crippen molar-refractivity contribution in [1.29, 1.82) is 0 Å². The Hall–Kier alpha value is -2.84. The molecule has 0 saturated carbocycles. The SMILES string of the molecule is CCN1CCN(C(=O)CN(Cc2ccccc2)c2nc(Cc3ccc(F)cc3)ns2)CC1. The van der Waals surface area contributed by atoms with Crippen LogP contribution in [0.5, 0.6) is 0 Å². The van der Waals surface area contributed by atoms with Crippen LogP contribution in [0.25, 0.3) is 0 Å². The number of carbonyl (C=O) groups excluding carboxylic acids is 1. The van der Waals surface area contributed by atoms with Gasteiger partial charge in [0.2, 0.25) is 11.0 Å². The van der Waals surface area contributed by atoms with Crippen LogP contribution >= 0.6 is 11.5 Å². The molecule has 1 aliphatic heterocycles. The van der Waals surface area contributed by atoms with Gasteiger partial charge in [0.1, 0.15) is 11.6 Å². The van der Waals surface area contributed by atoms with Crippen molar-refractivity contribution in [2.45, 2.75) is 19.9 Å². The lowest BCUT2D eigenvalue weighted by Crippen LogP contribution is -2.51. The van der Waals surface area contributed by atoms with E-state index in [4.69, 9.17) is 4.98 Å². The molecule has 0 N–H and O–H groups in total. The summed E-state index contributed by atoms with van der Waals surface area (Å²) in [7, 11) is 0. The fraction of sp³-hybridized carbons (Fsp3) is 0.375. The van der Waals surface area contributed by atoms with Gasteiger partial charge in [0.05, 0.1) is 6.54 Å². The highest BCUT2D eigenvalue weighted by Crippen LogP contribution is 2.22. The Morgan fingerprint density at radius 3 is 2.44 bits per heavy atom. The van der Waals surface area contributed by atoms with Gasteiger partial charge in [-0.25, -0.2) is 9.37 Å². The highest BCUT2D eigenvalue weighted by Gasteiger charge is 2.24. The van der Waals surface area contributed by atoms with Gasteiger partial charge in [0.25, 0.3) is 0 Å². The molecule has 0 bridgehead atoms. The topological polar surface area (TPSA) is 52.6 Å². The van der Waals surface area contributed by atoms with Gasteiger partial charge in [-0.2, -0.15) is 4.37 Å². The number of hydrogen-bond donors (Lipinski definition) is 0. The van der Waals surface area contributed by atoms with Crippen LogP contribution in [-0.2, 0) is 17.8 Å². The maximum Gasteiger partial charge on any atom is 0.242 e. The highest BCUT2D eigenvalue weighted by atomic mass is 32.1. The average molecular weight is 454 g/mol. The van der Waals surface area contributed by atoms with Gasteiger partial charge in [0, 0.05) is 50.7 Å². The molecule has 0 spiro atoms. The molecule has 0 atom stereocenters. The third-order valence-corrected chi connectivity index (χ3v) is 6.53. The lowest BCUT2D eigenvalue weighted by Gasteiger charge is -2.35. The standard InChI is InChI=1S/C24H28FN5OS/c1-2-28-12-14-29(15-13-28)23(31)18-30(17-20-6-4-3-5-7-20)24-26-22(27-32-24)16-19-8-10-21(25)11-9-19/h3-11H,2,12-18H2,1H3. The van der Waals surface area contributed by atoms with Crippen molar-refractivity contribution in [3.8, 4) is 0 Å². The lowest BCUT2D eigenvalue weighted by molar-refractivity contribution is -0.131. The van der Waals surface area contributed by atoms with Gasteiger partial charge in [-0.15, -0.1) is 0 Å². The molecule has 4 rings (SSSR count). The Morgan fingerprint density at radius 2 is 1.75 bits per heavy atom. The molecule has 0 aliphatic carbocycles. The number of aromatic nitrogens is 2. The monoisotopic (exact) mass is 453 g/mol. The Kier molecular flexibility index (Phi) is 7.44. The number of rotatable bonds is 8. The third kappa shape index (κ3) is 5.89.